The molecule has 5 amide bonds. The molecule has 2 saturated carbocycles. The Labute approximate surface area is 616 Å². The van der Waals surface area contributed by atoms with E-state index >= 15 is 0 Å². The second kappa shape index (κ2) is 30.0. The van der Waals surface area contributed by atoms with E-state index in [9.17, 15) is 33.9 Å². The van der Waals surface area contributed by atoms with Gasteiger partial charge in [0.25, 0.3) is 5.91 Å². The van der Waals surface area contributed by atoms with Gasteiger partial charge in [0.05, 0.1) is 63.2 Å². The maximum absolute atomic E-state index is 14.2. The quantitative estimate of drug-likeness (QED) is 0.0852. The molecule has 10 heterocycles. The fourth-order valence-electron chi connectivity index (χ4n) is 15.0. The Balaban J connectivity index is 0.000000136. The summed E-state index contributed by atoms with van der Waals surface area (Å²) >= 11 is 0. The third-order valence-electron chi connectivity index (χ3n) is 20.7. The summed E-state index contributed by atoms with van der Waals surface area (Å²) in [5.41, 5.74) is 11.4. The van der Waals surface area contributed by atoms with E-state index in [0.29, 0.717) is 54.4 Å². The molecule has 4 atom stereocenters. The average molecular weight is 1440 g/mol. The number of hydrogen-bond acceptors (Lipinski definition) is 15. The van der Waals surface area contributed by atoms with Crippen molar-refractivity contribution in [1.82, 2.24) is 68.5 Å². The number of aromatic nitrogens is 8. The van der Waals surface area contributed by atoms with Crippen molar-refractivity contribution in [1.29, 1.82) is 0 Å². The fourth-order valence-corrected chi connectivity index (χ4v) is 15.0. The number of aryl methyl sites for hydroxylation is 2. The lowest BCUT2D eigenvalue weighted by molar-refractivity contribution is -0.0199. The normalized spacial score (nSPS) is 17.9. The molecule has 6 aromatic heterocycles. The lowest BCUT2D eigenvalue weighted by Crippen LogP contribution is -2.50. The minimum absolute atomic E-state index is 0.0486. The first kappa shape index (κ1) is 69.0. The third kappa shape index (κ3) is 14.6. The van der Waals surface area contributed by atoms with E-state index in [1.165, 1.54) is 45.7 Å². The number of nitrogens with zero attached hydrogens (tertiary/aromatic N) is 13. The minimum Gasteiger partial charge on any atom is -0.478 e. The number of carboxylic acids is 1. The van der Waals surface area contributed by atoms with Crippen LogP contribution in [0.3, 0.4) is 0 Å². The summed E-state index contributed by atoms with van der Waals surface area (Å²) in [6.07, 6.45) is 7.44. The Hall–Kier alpha value is -12.4. The first-order valence-electron chi connectivity index (χ1n) is 36.3. The molecule has 0 radical (unpaired) electrons. The summed E-state index contributed by atoms with van der Waals surface area (Å²) < 4.78 is 31.0. The molecular weight excluding hydrogens is 1360 g/mol. The summed E-state index contributed by atoms with van der Waals surface area (Å²) in [6, 6.07) is 59.5. The number of imidazole rings is 2. The van der Waals surface area contributed by atoms with Crippen molar-refractivity contribution >= 4 is 80.4 Å². The number of fused-ring (bicyclic) bond motifs is 8. The van der Waals surface area contributed by atoms with Crippen LogP contribution in [0.4, 0.5) is 19.2 Å². The van der Waals surface area contributed by atoms with E-state index in [4.69, 9.17) is 28.9 Å². The number of hydrogen-bond donors (Lipinski definition) is 2. The van der Waals surface area contributed by atoms with Gasteiger partial charge in [-0.05, 0) is 145 Å². The molecule has 25 heteroatoms. The Morgan fingerprint density at radius 3 is 1.19 bits per heavy atom. The molecule has 2 aliphatic carbocycles. The standard InChI is InChI=1S/C41H39N7O5.C21H23N3O4.C20H18N4O2/c1-44-35-17-16-31(19-34(35)43-38(44)36-20-30-13-8-18-42-37(30)46(36)22-27-14-15-27)39(49)45-23-32-21-33(24-45)48(41(51)53-26-29-11-6-3-7-12-29)47(32)40(50)52-25-28-9-4-2-5-10-28;25-20(27-14-16-7-3-1-4-8-16)23-18-11-19(13-22-12-18)24(23)21(26)28-15-17-9-5-2-6-10-17;1-23-16-7-6-14(20(25)26)9-15(16)22-19(23)17-10-13-3-2-8-21-18(13)24(17)11-12-4-5-12/h2-13,16-20,27,32-33H,14-15,21-26H2,1H3;1-10,18-19,22H,11-15H2;2-3,6-10,12H,4-5,11H2,1H3,(H,25,26). The monoisotopic (exact) mass is 1440 g/mol. The van der Waals surface area contributed by atoms with Crippen molar-refractivity contribution in [2.75, 3.05) is 26.2 Å². The Morgan fingerprint density at radius 1 is 0.439 bits per heavy atom. The number of ether oxygens (including phenoxy) is 4. The molecule has 0 spiro atoms. The number of nitrogens with one attached hydrogen (secondary N) is 1. The van der Waals surface area contributed by atoms with Crippen LogP contribution in [0, 0.1) is 11.8 Å². The highest BCUT2D eigenvalue weighted by molar-refractivity contribution is 5.99. The van der Waals surface area contributed by atoms with Crippen LogP contribution in [0.2, 0.25) is 0 Å². The second-order valence-corrected chi connectivity index (χ2v) is 28.2. The SMILES string of the molecule is Cn1c(-c2cc3cccnc3n2CC2CC2)nc2cc(C(=O)N3CC4CC(C3)N(C(=O)OCc3ccccc3)N4C(=O)OCc3ccccc3)ccc21.Cn1c(-c2cc3cccnc3n2CC2CC2)nc2cc(C(=O)O)ccc21.O=C(OCc1ccccc1)N1C2CNCC(C2)N1C(=O)OCc1ccccc1. The van der Waals surface area contributed by atoms with E-state index in [1.807, 2.05) is 189 Å². The molecule has 6 aromatic carbocycles. The maximum atomic E-state index is 14.2. The van der Waals surface area contributed by atoms with Gasteiger partial charge in [0, 0.05) is 82.1 Å². The average Bonchev–Trinajstić information content (AvgIpc) is 1.63. The van der Waals surface area contributed by atoms with E-state index in [1.54, 1.807) is 17.0 Å². The van der Waals surface area contributed by atoms with Crippen LogP contribution in [0.25, 0.3) is 67.2 Å². The van der Waals surface area contributed by atoms with Gasteiger partial charge in [0.15, 0.2) is 11.6 Å². The van der Waals surface area contributed by atoms with Crippen molar-refractivity contribution < 1.29 is 52.8 Å². The van der Waals surface area contributed by atoms with Crippen LogP contribution < -0.4 is 5.32 Å². The molecule has 12 aromatic rings. The lowest BCUT2D eigenvalue weighted by atomic mass is 10.0. The molecule has 107 heavy (non-hydrogen) atoms. The van der Waals surface area contributed by atoms with Gasteiger partial charge < -0.3 is 52.5 Å². The Morgan fingerprint density at radius 2 is 0.804 bits per heavy atom. The minimum atomic E-state index is -0.939. The van der Waals surface area contributed by atoms with Crippen LogP contribution in [-0.4, -0.2) is 155 Å². The predicted octanol–water partition coefficient (Wildman–Crippen LogP) is 13.4. The van der Waals surface area contributed by atoms with Crippen LogP contribution in [0.15, 0.2) is 207 Å². The molecule has 4 saturated heterocycles. The molecule has 4 aliphatic heterocycles. The zero-order chi connectivity index (χ0) is 73.2. The van der Waals surface area contributed by atoms with Crippen LogP contribution >= 0.6 is 0 Å². The first-order valence-corrected chi connectivity index (χ1v) is 36.3. The van der Waals surface area contributed by atoms with Crippen molar-refractivity contribution in [3.05, 3.63) is 240 Å². The number of rotatable bonds is 16. The molecule has 2 N–H and O–H groups in total. The van der Waals surface area contributed by atoms with Crippen molar-refractivity contribution in [2.45, 2.75) is 102 Å². The summed E-state index contributed by atoms with van der Waals surface area (Å²) in [7, 11) is 3.97. The number of carbonyl (C=O) groups excluding carboxylic acids is 5. The van der Waals surface area contributed by atoms with Gasteiger partial charge in [-0.15, -0.1) is 0 Å². The number of carboxylic acid groups (broad SMARTS) is 1. The highest BCUT2D eigenvalue weighted by Gasteiger charge is 2.52. The van der Waals surface area contributed by atoms with Crippen LogP contribution in [-0.2, 0) is 72.6 Å². The van der Waals surface area contributed by atoms with Crippen LogP contribution in [0.1, 0.15) is 81.5 Å². The number of pyridine rings is 2. The van der Waals surface area contributed by atoms with Gasteiger partial charge in [0.1, 0.15) is 37.7 Å². The van der Waals surface area contributed by atoms with E-state index < -0.39 is 42.4 Å². The smallest absolute Gasteiger partial charge is 0.429 e. The maximum Gasteiger partial charge on any atom is 0.429 e. The third-order valence-corrected chi connectivity index (χ3v) is 20.7. The molecule has 6 fully saturated rings. The fraction of sp³-hybridized carbons (Fsp3) is 0.293. The van der Waals surface area contributed by atoms with E-state index in [2.05, 4.69) is 53.3 Å². The van der Waals surface area contributed by atoms with Crippen molar-refractivity contribution in [3.63, 3.8) is 0 Å². The number of amides is 5. The second-order valence-electron chi connectivity index (χ2n) is 28.2. The largest absolute Gasteiger partial charge is 0.478 e. The first-order chi connectivity index (χ1) is 52.2. The van der Waals surface area contributed by atoms with E-state index in [0.717, 1.165) is 91.5 Å². The Bertz CT molecular complexity index is 5150. The molecule has 544 valence electrons. The van der Waals surface area contributed by atoms with Crippen LogP contribution in [0.5, 0.6) is 0 Å². The number of piperidine rings is 2. The van der Waals surface area contributed by atoms with Gasteiger partial charge in [-0.2, -0.15) is 0 Å². The number of benzene rings is 6. The molecule has 4 bridgehead atoms. The molecule has 4 unspecified atom stereocenters. The molecule has 6 aliphatic rings. The number of carbonyl (C=O) groups is 6. The van der Waals surface area contributed by atoms with Crippen molar-refractivity contribution in [2.24, 2.45) is 25.9 Å². The lowest BCUT2D eigenvalue weighted by Gasteiger charge is -2.30. The van der Waals surface area contributed by atoms with Crippen molar-refractivity contribution in [3.8, 4) is 23.0 Å². The van der Waals surface area contributed by atoms with Gasteiger partial charge in [0.2, 0.25) is 0 Å². The van der Waals surface area contributed by atoms with E-state index in [-0.39, 0.29) is 63.1 Å². The molecule has 25 nitrogen and oxygen atoms in total. The van der Waals surface area contributed by atoms with Gasteiger partial charge in [-0.1, -0.05) is 121 Å². The zero-order valence-corrected chi connectivity index (χ0v) is 59.3. The topological polar surface area (TPSA) is 259 Å². The predicted molar refractivity (Wildman–Crippen MR) is 398 cm³/mol. The summed E-state index contributed by atoms with van der Waals surface area (Å²) in [4.78, 5) is 99.2. The van der Waals surface area contributed by atoms with Gasteiger partial charge >= 0.3 is 30.3 Å². The van der Waals surface area contributed by atoms with Gasteiger partial charge in [-0.25, -0.2) is 63.9 Å². The molecular formula is C82H80N14O11. The van der Waals surface area contributed by atoms with Gasteiger partial charge in [-0.3, -0.25) is 4.79 Å². The number of hydrazine groups is 2. The molecule has 18 rings (SSSR count). The zero-order valence-electron chi connectivity index (χ0n) is 59.3. The highest BCUT2D eigenvalue weighted by Crippen LogP contribution is 2.40. The Kier molecular flexibility index (Phi) is 19.3. The number of likely N-dealkylation sites (tertiary alicyclic amines) is 1. The summed E-state index contributed by atoms with van der Waals surface area (Å²) in [5.74, 6) is 1.87. The summed E-state index contributed by atoms with van der Waals surface area (Å²) in [6.45, 7) is 3.98. The summed E-state index contributed by atoms with van der Waals surface area (Å²) in [5, 5.41) is 20.2. The highest BCUT2D eigenvalue weighted by atomic mass is 16.6. The number of aromatic carboxylic acids is 1.